The van der Waals surface area contributed by atoms with Gasteiger partial charge in [-0.25, -0.2) is 0 Å². The Labute approximate surface area is 160 Å². The van der Waals surface area contributed by atoms with E-state index in [1.807, 2.05) is 18.2 Å². The van der Waals surface area contributed by atoms with Crippen LogP contribution in [0.2, 0.25) is 0 Å². The van der Waals surface area contributed by atoms with Crippen molar-refractivity contribution in [3.05, 3.63) is 95.6 Å². The molecule has 0 aromatic heterocycles. The summed E-state index contributed by atoms with van der Waals surface area (Å²) < 4.78 is 5.39. The average Bonchev–Trinajstić information content (AvgIpc) is 2.74. The van der Waals surface area contributed by atoms with E-state index in [2.05, 4.69) is 65.7 Å². The first-order valence-corrected chi connectivity index (χ1v) is 9.45. The van der Waals surface area contributed by atoms with E-state index in [0.717, 1.165) is 43.0 Å². The number of hydrazone groups is 1. The summed E-state index contributed by atoms with van der Waals surface area (Å²) in [7, 11) is 1.72. The molecule has 0 bridgehead atoms. The lowest BCUT2D eigenvalue weighted by Crippen LogP contribution is -2.21. The van der Waals surface area contributed by atoms with Crippen LogP contribution < -0.4 is 9.75 Å². The van der Waals surface area contributed by atoms with Crippen molar-refractivity contribution >= 4 is 11.4 Å². The van der Waals surface area contributed by atoms with E-state index < -0.39 is 0 Å². The van der Waals surface area contributed by atoms with E-state index in [9.17, 15) is 0 Å². The minimum absolute atomic E-state index is 0.750. The number of aryl methyl sites for hydroxylation is 1. The Bertz CT molecular complexity index is 920. The summed E-state index contributed by atoms with van der Waals surface area (Å²) in [5, 5.41) is 7.22. The van der Waals surface area contributed by atoms with Crippen LogP contribution in [0.3, 0.4) is 0 Å². The first kappa shape index (κ1) is 17.3. The Morgan fingerprint density at radius 2 is 1.63 bits per heavy atom. The summed E-state index contributed by atoms with van der Waals surface area (Å²) in [5.41, 5.74) is 6.08. The van der Waals surface area contributed by atoms with Crippen LogP contribution in [0.25, 0.3) is 0 Å². The predicted molar refractivity (Wildman–Crippen MR) is 112 cm³/mol. The van der Waals surface area contributed by atoms with Crippen LogP contribution in [0, 0.1) is 0 Å². The second-order valence-corrected chi connectivity index (χ2v) is 6.80. The van der Waals surface area contributed by atoms with Crippen LogP contribution in [0.1, 0.15) is 29.5 Å². The lowest BCUT2D eigenvalue weighted by molar-refractivity contribution is 0.414. The van der Waals surface area contributed by atoms with E-state index in [1.165, 1.54) is 16.7 Å². The predicted octanol–water partition coefficient (Wildman–Crippen LogP) is 5.44. The molecule has 0 atom stereocenters. The molecule has 136 valence electrons. The second kappa shape index (κ2) is 8.09. The maximum Gasteiger partial charge on any atom is 0.119 e. The van der Waals surface area contributed by atoms with Crippen LogP contribution >= 0.6 is 0 Å². The van der Waals surface area contributed by atoms with Crippen molar-refractivity contribution in [3.63, 3.8) is 0 Å². The van der Waals surface area contributed by atoms with E-state index >= 15 is 0 Å². The van der Waals surface area contributed by atoms with Gasteiger partial charge in [0.2, 0.25) is 0 Å². The first-order chi connectivity index (χ1) is 13.3. The quantitative estimate of drug-likeness (QED) is 0.569. The number of anilines is 1. The fourth-order valence-electron chi connectivity index (χ4n) is 3.56. The molecule has 3 aromatic rings. The van der Waals surface area contributed by atoms with Crippen molar-refractivity contribution in [1.82, 2.24) is 0 Å². The van der Waals surface area contributed by atoms with E-state index in [-0.39, 0.29) is 0 Å². The monoisotopic (exact) mass is 356 g/mol. The van der Waals surface area contributed by atoms with Gasteiger partial charge in [-0.1, -0.05) is 48.5 Å². The molecule has 1 aliphatic carbocycles. The molecular formula is C24H24N2O. The zero-order chi connectivity index (χ0) is 18.5. The number of ether oxygens (including phenoxy) is 1. The Kier molecular flexibility index (Phi) is 5.20. The largest absolute Gasteiger partial charge is 0.497 e. The molecular weight excluding hydrogens is 332 g/mol. The first-order valence-electron chi connectivity index (χ1n) is 9.45. The maximum absolute atomic E-state index is 5.39. The van der Waals surface area contributed by atoms with Crippen molar-refractivity contribution in [2.45, 2.75) is 25.8 Å². The lowest BCUT2D eigenvalue weighted by atomic mass is 9.90. The van der Waals surface area contributed by atoms with Gasteiger partial charge in [0.1, 0.15) is 5.75 Å². The van der Waals surface area contributed by atoms with Gasteiger partial charge in [0.25, 0.3) is 0 Å². The van der Waals surface area contributed by atoms with Gasteiger partial charge in [0, 0.05) is 5.56 Å². The van der Waals surface area contributed by atoms with Crippen LogP contribution in [-0.4, -0.2) is 12.8 Å². The van der Waals surface area contributed by atoms with E-state index in [0.29, 0.717) is 0 Å². The minimum atomic E-state index is 0.750. The third kappa shape index (κ3) is 4.03. The Balaban J connectivity index is 1.71. The Morgan fingerprint density at radius 1 is 0.889 bits per heavy atom. The molecule has 3 aromatic carbocycles. The topological polar surface area (TPSA) is 24.8 Å². The van der Waals surface area contributed by atoms with Crippen LogP contribution in [0.15, 0.2) is 84.0 Å². The molecule has 4 rings (SSSR count). The fourth-order valence-corrected chi connectivity index (χ4v) is 3.56. The summed E-state index contributed by atoms with van der Waals surface area (Å²) in [6, 6.07) is 27.2. The summed E-state index contributed by atoms with van der Waals surface area (Å²) in [4.78, 5) is 0. The molecule has 0 spiro atoms. The Hall–Kier alpha value is -3.07. The van der Waals surface area contributed by atoms with Gasteiger partial charge in [-0.05, 0) is 60.7 Å². The highest BCUT2D eigenvalue weighted by Crippen LogP contribution is 2.27. The second-order valence-electron chi connectivity index (χ2n) is 6.80. The molecule has 3 nitrogen and oxygen atoms in total. The molecule has 3 heteroatoms. The molecule has 0 saturated heterocycles. The van der Waals surface area contributed by atoms with Gasteiger partial charge in [0.15, 0.2) is 0 Å². The highest BCUT2D eigenvalue weighted by Gasteiger charge is 2.18. The number of benzene rings is 3. The number of para-hydroxylation sites is 1. The average molecular weight is 356 g/mol. The number of hydrogen-bond donors (Lipinski definition) is 0. The standard InChI is InChI=1S/C24H24N2O/c1-27-22-15-16-23-20(17-22)11-8-14-24(23)25-26(21-12-6-3-7-13-21)18-19-9-4-2-5-10-19/h2-7,9-10,12-13,15-17H,8,11,14,18H2,1H3/b25-24-. The summed E-state index contributed by atoms with van der Waals surface area (Å²) in [5.74, 6) is 0.916. The molecule has 0 saturated carbocycles. The molecule has 0 heterocycles. The normalized spacial score (nSPS) is 14.6. The molecule has 27 heavy (non-hydrogen) atoms. The van der Waals surface area contributed by atoms with Crippen molar-refractivity contribution in [1.29, 1.82) is 0 Å². The lowest BCUT2D eigenvalue weighted by Gasteiger charge is -2.24. The van der Waals surface area contributed by atoms with Gasteiger partial charge in [-0.15, -0.1) is 0 Å². The SMILES string of the molecule is COc1ccc2c(c1)CCC/C2=N/N(Cc1ccccc1)c1ccccc1. The van der Waals surface area contributed by atoms with Gasteiger partial charge in [0.05, 0.1) is 25.1 Å². The molecule has 0 aliphatic heterocycles. The smallest absolute Gasteiger partial charge is 0.119 e. The van der Waals surface area contributed by atoms with E-state index in [1.54, 1.807) is 7.11 Å². The van der Waals surface area contributed by atoms with Crippen molar-refractivity contribution in [2.75, 3.05) is 12.1 Å². The summed E-state index contributed by atoms with van der Waals surface area (Å²) >= 11 is 0. The van der Waals surface area contributed by atoms with Crippen molar-refractivity contribution in [3.8, 4) is 5.75 Å². The number of methoxy groups -OCH3 is 1. The fraction of sp³-hybridized carbons (Fsp3) is 0.208. The zero-order valence-electron chi connectivity index (χ0n) is 15.6. The third-order valence-corrected chi connectivity index (χ3v) is 4.95. The van der Waals surface area contributed by atoms with Crippen LogP contribution in [0.5, 0.6) is 5.75 Å². The highest BCUT2D eigenvalue weighted by atomic mass is 16.5. The van der Waals surface area contributed by atoms with Gasteiger partial charge in [-0.2, -0.15) is 5.10 Å². The van der Waals surface area contributed by atoms with E-state index in [4.69, 9.17) is 9.84 Å². The maximum atomic E-state index is 5.39. The number of fused-ring (bicyclic) bond motifs is 1. The third-order valence-electron chi connectivity index (χ3n) is 4.95. The summed E-state index contributed by atoms with van der Waals surface area (Å²) in [6.07, 6.45) is 3.19. The van der Waals surface area contributed by atoms with Crippen molar-refractivity contribution in [2.24, 2.45) is 5.10 Å². The van der Waals surface area contributed by atoms with Crippen molar-refractivity contribution < 1.29 is 4.74 Å². The van der Waals surface area contributed by atoms with Crippen LogP contribution in [0.4, 0.5) is 5.69 Å². The summed E-state index contributed by atoms with van der Waals surface area (Å²) in [6.45, 7) is 0.750. The molecule has 0 radical (unpaired) electrons. The molecule has 0 fully saturated rings. The number of nitrogens with zero attached hydrogens (tertiary/aromatic N) is 2. The molecule has 0 N–H and O–H groups in total. The molecule has 0 amide bonds. The Morgan fingerprint density at radius 3 is 2.37 bits per heavy atom. The minimum Gasteiger partial charge on any atom is -0.497 e. The van der Waals surface area contributed by atoms with Gasteiger partial charge >= 0.3 is 0 Å². The zero-order valence-corrected chi connectivity index (χ0v) is 15.6. The van der Waals surface area contributed by atoms with Crippen LogP contribution in [-0.2, 0) is 13.0 Å². The number of rotatable bonds is 5. The molecule has 0 unspecified atom stereocenters. The van der Waals surface area contributed by atoms with Gasteiger partial charge in [-0.3, -0.25) is 5.01 Å². The number of hydrogen-bond acceptors (Lipinski definition) is 3. The van der Waals surface area contributed by atoms with Gasteiger partial charge < -0.3 is 4.74 Å². The molecule has 1 aliphatic rings. The highest BCUT2D eigenvalue weighted by molar-refractivity contribution is 6.03.